The van der Waals surface area contributed by atoms with Crippen LogP contribution in [0, 0.1) is 5.92 Å². The van der Waals surface area contributed by atoms with Crippen molar-refractivity contribution in [3.05, 3.63) is 24.2 Å². The molecule has 7 heteroatoms. The van der Waals surface area contributed by atoms with Crippen LogP contribution in [0.25, 0.3) is 0 Å². The van der Waals surface area contributed by atoms with E-state index in [0.717, 1.165) is 18.8 Å². The van der Waals surface area contributed by atoms with Crippen molar-refractivity contribution in [1.29, 1.82) is 0 Å². The lowest BCUT2D eigenvalue weighted by atomic mass is 10.1. The van der Waals surface area contributed by atoms with Crippen LogP contribution in [-0.4, -0.2) is 77.0 Å². The van der Waals surface area contributed by atoms with Crippen molar-refractivity contribution in [3.8, 4) is 0 Å². The van der Waals surface area contributed by atoms with Crippen molar-refractivity contribution in [2.75, 3.05) is 39.3 Å². The number of aliphatic carboxylic acids is 1. The second-order valence-corrected chi connectivity index (χ2v) is 6.42. The van der Waals surface area contributed by atoms with Crippen molar-refractivity contribution in [3.63, 3.8) is 0 Å². The van der Waals surface area contributed by atoms with Crippen LogP contribution in [0.5, 0.6) is 0 Å². The molecule has 23 heavy (non-hydrogen) atoms. The fraction of sp³-hybridized carbons (Fsp3) is 0.625. The van der Waals surface area contributed by atoms with Gasteiger partial charge >= 0.3 is 5.97 Å². The van der Waals surface area contributed by atoms with Gasteiger partial charge in [0.1, 0.15) is 5.76 Å². The van der Waals surface area contributed by atoms with Gasteiger partial charge in [-0.3, -0.25) is 19.4 Å². The molecular formula is C16H23N3O4. The maximum absolute atomic E-state index is 11.7. The molecule has 1 amide bonds. The summed E-state index contributed by atoms with van der Waals surface area (Å²) < 4.78 is 5.40. The van der Waals surface area contributed by atoms with Crippen molar-refractivity contribution in [2.24, 2.45) is 5.92 Å². The largest absolute Gasteiger partial charge is 0.481 e. The summed E-state index contributed by atoms with van der Waals surface area (Å²) in [6.07, 6.45) is 1.63. The van der Waals surface area contributed by atoms with Crippen molar-refractivity contribution in [1.82, 2.24) is 14.7 Å². The number of fused-ring (bicyclic) bond motifs is 1. The summed E-state index contributed by atoms with van der Waals surface area (Å²) in [6, 6.07) is 3.92. The number of rotatable bonds is 3. The third-order valence-electron chi connectivity index (χ3n) is 4.76. The predicted molar refractivity (Wildman–Crippen MR) is 82.7 cm³/mol. The smallest absolute Gasteiger partial charge is 0.309 e. The van der Waals surface area contributed by atoms with Gasteiger partial charge in [0, 0.05) is 52.2 Å². The molecule has 0 spiro atoms. The Morgan fingerprint density at radius 3 is 2.74 bits per heavy atom. The Morgan fingerprint density at radius 2 is 2.09 bits per heavy atom. The maximum Gasteiger partial charge on any atom is 0.309 e. The van der Waals surface area contributed by atoms with Gasteiger partial charge in [-0.25, -0.2) is 0 Å². The summed E-state index contributed by atoms with van der Waals surface area (Å²) in [5.74, 6) is -0.258. The van der Waals surface area contributed by atoms with E-state index < -0.39 is 11.9 Å². The minimum Gasteiger partial charge on any atom is -0.481 e. The highest BCUT2D eigenvalue weighted by molar-refractivity contribution is 5.73. The van der Waals surface area contributed by atoms with Crippen LogP contribution >= 0.6 is 0 Å². The maximum atomic E-state index is 11.7. The molecule has 2 saturated heterocycles. The molecule has 0 saturated carbocycles. The Kier molecular flexibility index (Phi) is 4.68. The van der Waals surface area contributed by atoms with E-state index in [1.165, 1.54) is 0 Å². The topological polar surface area (TPSA) is 77.2 Å². The minimum atomic E-state index is -0.760. The van der Waals surface area contributed by atoms with Crippen LogP contribution in [0.1, 0.15) is 12.7 Å². The average Bonchev–Trinajstić information content (AvgIpc) is 2.93. The molecule has 0 aliphatic carbocycles. The van der Waals surface area contributed by atoms with Crippen LogP contribution in [0.4, 0.5) is 0 Å². The summed E-state index contributed by atoms with van der Waals surface area (Å²) >= 11 is 0. The number of amides is 1. The van der Waals surface area contributed by atoms with E-state index in [2.05, 4.69) is 9.80 Å². The first-order valence-corrected chi connectivity index (χ1v) is 8.00. The lowest BCUT2D eigenvalue weighted by Crippen LogP contribution is -2.56. The van der Waals surface area contributed by atoms with Gasteiger partial charge in [0.05, 0.1) is 18.7 Å². The quantitative estimate of drug-likeness (QED) is 0.864. The highest BCUT2D eigenvalue weighted by Gasteiger charge is 2.36. The van der Waals surface area contributed by atoms with Gasteiger partial charge in [-0.05, 0) is 12.1 Å². The first-order chi connectivity index (χ1) is 11.0. The van der Waals surface area contributed by atoms with Gasteiger partial charge in [-0.1, -0.05) is 0 Å². The first kappa shape index (κ1) is 16.0. The number of carboxylic acid groups (broad SMARTS) is 1. The second-order valence-electron chi connectivity index (χ2n) is 6.42. The molecule has 1 N–H and O–H groups in total. The van der Waals surface area contributed by atoms with Crippen molar-refractivity contribution >= 4 is 11.9 Å². The highest BCUT2D eigenvalue weighted by Crippen LogP contribution is 2.21. The number of carbonyl (C=O) groups is 2. The summed E-state index contributed by atoms with van der Waals surface area (Å²) in [6.45, 7) is 6.06. The van der Waals surface area contributed by atoms with Crippen LogP contribution in [-0.2, 0) is 16.1 Å². The number of nitrogens with zero attached hydrogens (tertiary/aromatic N) is 3. The van der Waals surface area contributed by atoms with Crippen LogP contribution < -0.4 is 0 Å². The lowest BCUT2D eigenvalue weighted by molar-refractivity contribution is -0.143. The average molecular weight is 321 g/mol. The molecule has 3 rings (SSSR count). The molecule has 1 aromatic rings. The zero-order chi connectivity index (χ0) is 16.4. The zero-order valence-corrected chi connectivity index (χ0v) is 13.4. The Morgan fingerprint density at radius 1 is 1.26 bits per heavy atom. The fourth-order valence-corrected chi connectivity index (χ4v) is 3.53. The minimum absolute atomic E-state index is 0.0845. The number of hydrogen-bond donors (Lipinski definition) is 1. The van der Waals surface area contributed by atoms with Crippen LogP contribution in [0.2, 0.25) is 0 Å². The normalized spacial score (nSPS) is 26.6. The number of carbonyl (C=O) groups excluding carboxylic acids is 1. The molecule has 1 aromatic heterocycles. The Balaban J connectivity index is 1.75. The zero-order valence-electron chi connectivity index (χ0n) is 13.4. The van der Waals surface area contributed by atoms with E-state index in [1.54, 1.807) is 13.2 Å². The van der Waals surface area contributed by atoms with E-state index >= 15 is 0 Å². The Hall–Kier alpha value is -1.86. The molecule has 0 aromatic carbocycles. The number of piperazine rings is 1. The summed E-state index contributed by atoms with van der Waals surface area (Å²) in [4.78, 5) is 29.4. The van der Waals surface area contributed by atoms with Gasteiger partial charge < -0.3 is 14.4 Å². The van der Waals surface area contributed by atoms with Crippen LogP contribution in [0.15, 0.2) is 22.8 Å². The summed E-state index contributed by atoms with van der Waals surface area (Å²) in [5, 5.41) is 9.50. The molecule has 0 radical (unpaired) electrons. The Bertz CT molecular complexity index is 560. The van der Waals surface area contributed by atoms with Gasteiger partial charge in [-0.2, -0.15) is 0 Å². The lowest BCUT2D eigenvalue weighted by Gasteiger charge is -2.41. The third-order valence-corrected chi connectivity index (χ3v) is 4.76. The molecule has 7 nitrogen and oxygen atoms in total. The molecule has 0 bridgehead atoms. The summed E-state index contributed by atoms with van der Waals surface area (Å²) in [7, 11) is 0. The molecular weight excluding hydrogens is 298 g/mol. The van der Waals surface area contributed by atoms with Crippen LogP contribution in [0.3, 0.4) is 0 Å². The molecule has 2 atom stereocenters. The van der Waals surface area contributed by atoms with E-state index in [1.807, 2.05) is 17.0 Å². The summed E-state index contributed by atoms with van der Waals surface area (Å²) in [5.41, 5.74) is 0. The van der Waals surface area contributed by atoms with Gasteiger partial charge in [0.15, 0.2) is 0 Å². The van der Waals surface area contributed by atoms with Crippen molar-refractivity contribution < 1.29 is 19.1 Å². The molecule has 2 aliphatic heterocycles. The number of furan rings is 1. The number of carboxylic acids is 1. The number of hydrogen-bond acceptors (Lipinski definition) is 5. The molecule has 2 fully saturated rings. The fourth-order valence-electron chi connectivity index (χ4n) is 3.53. The monoisotopic (exact) mass is 321 g/mol. The van der Waals surface area contributed by atoms with E-state index in [-0.39, 0.29) is 11.9 Å². The molecule has 2 aliphatic rings. The standard InChI is InChI=1S/C16H23N3O4/c1-12(20)18-4-5-19-8-13(16(21)22)7-17(9-14(19)10-18)11-15-3-2-6-23-15/h2-3,6,13-14H,4-5,7-11H2,1H3,(H,21,22). The van der Waals surface area contributed by atoms with E-state index in [9.17, 15) is 14.7 Å². The van der Waals surface area contributed by atoms with Crippen molar-refractivity contribution in [2.45, 2.75) is 19.5 Å². The van der Waals surface area contributed by atoms with Gasteiger partial charge in [-0.15, -0.1) is 0 Å². The molecule has 126 valence electrons. The molecule has 3 heterocycles. The SMILES string of the molecule is CC(=O)N1CCN2CC(C(=O)O)CN(Cc3ccco3)CC2C1. The highest BCUT2D eigenvalue weighted by atomic mass is 16.4. The van der Waals surface area contributed by atoms with E-state index in [0.29, 0.717) is 32.7 Å². The third kappa shape index (κ3) is 3.73. The van der Waals surface area contributed by atoms with Gasteiger partial charge in [0.2, 0.25) is 5.91 Å². The second kappa shape index (κ2) is 6.72. The van der Waals surface area contributed by atoms with E-state index in [4.69, 9.17) is 4.42 Å². The first-order valence-electron chi connectivity index (χ1n) is 8.00. The predicted octanol–water partition coefficient (Wildman–Crippen LogP) is 0.329. The van der Waals surface area contributed by atoms with Gasteiger partial charge in [0.25, 0.3) is 0 Å². The molecule has 2 unspecified atom stereocenters. The Labute approximate surface area is 135 Å².